The second-order valence-electron chi connectivity index (χ2n) is 17.8. The molecule has 19 heteroatoms. The van der Waals surface area contributed by atoms with E-state index in [1.54, 1.807) is 17.8 Å². The fourth-order valence-electron chi connectivity index (χ4n) is 7.81. The van der Waals surface area contributed by atoms with Gasteiger partial charge in [-0.25, -0.2) is 14.6 Å². The molecule has 3 amide bonds. The molecule has 0 saturated carbocycles. The number of ether oxygens (including phenoxy) is 1. The van der Waals surface area contributed by atoms with E-state index in [-0.39, 0.29) is 35.7 Å². The van der Waals surface area contributed by atoms with E-state index in [9.17, 15) is 34.5 Å². The Morgan fingerprint density at radius 2 is 1.58 bits per heavy atom. The molecule has 0 spiro atoms. The van der Waals surface area contributed by atoms with Gasteiger partial charge in [0.2, 0.25) is 17.7 Å². The Balaban J connectivity index is 0.000000214. The lowest BCUT2D eigenvalue weighted by Gasteiger charge is -2.32. The molecule has 0 saturated heterocycles. The molecule has 0 aliphatic heterocycles. The number of unbranched alkanes of at least 4 members (excludes halogenated alkanes) is 1. The Bertz CT molecular complexity index is 2860. The van der Waals surface area contributed by atoms with Crippen molar-refractivity contribution in [1.82, 2.24) is 40.8 Å². The number of aliphatic hydroxyl groups excluding tert-OH is 1. The normalized spacial score (nSPS) is 12.1. The minimum absolute atomic E-state index is 0.0173. The molecular weight excluding hydrogens is 961 g/mol. The van der Waals surface area contributed by atoms with Gasteiger partial charge in [-0.05, 0) is 108 Å². The number of carboxylic acid groups (broad SMARTS) is 1. The van der Waals surface area contributed by atoms with Crippen molar-refractivity contribution in [2.24, 2.45) is 11.7 Å². The number of thioether (sulfide) groups is 1. The lowest BCUT2D eigenvalue weighted by Crippen LogP contribution is -2.47. The molecule has 0 radical (unpaired) electrons. The SMILES string of the molecule is CC(CCc1ccccc1)NCC(O)c1ccc(O)c(C(N)=O)c1.CCCCC(=O)N(Cc1ccc(-c2ccccc2-c2nn[nH]n2)cc1)[C@H](C(=O)O)C(C)C.CCCSc1ccc2nc(NC(=O)OC)[nH]c2c1. The van der Waals surface area contributed by atoms with Crippen molar-refractivity contribution in [2.45, 2.75) is 103 Å². The monoisotopic (exact) mass is 1030 g/mol. The number of imidazole rings is 1. The number of nitrogens with one attached hydrogen (secondary N) is 4. The number of hydrogen-bond donors (Lipinski definition) is 8. The number of aryl methyl sites for hydroxylation is 1. The number of aromatic hydroxyl groups is 1. The molecule has 2 aromatic heterocycles. The number of aromatic amines is 2. The van der Waals surface area contributed by atoms with Crippen molar-refractivity contribution >= 4 is 52.6 Å². The number of H-pyrrole nitrogens is 2. The molecule has 18 nitrogen and oxygen atoms in total. The van der Waals surface area contributed by atoms with Gasteiger partial charge in [0.15, 0.2) is 0 Å². The van der Waals surface area contributed by atoms with E-state index in [0.29, 0.717) is 30.3 Å². The molecule has 2 heterocycles. The van der Waals surface area contributed by atoms with E-state index in [1.165, 1.54) is 34.6 Å². The number of nitrogens with zero attached hydrogens (tertiary/aromatic N) is 5. The number of aliphatic carboxylic acids is 1. The Morgan fingerprint density at radius 1 is 0.865 bits per heavy atom. The van der Waals surface area contributed by atoms with Gasteiger partial charge in [0.25, 0.3) is 5.91 Å². The molecule has 9 N–H and O–H groups in total. The van der Waals surface area contributed by atoms with Gasteiger partial charge < -0.3 is 41.0 Å². The van der Waals surface area contributed by atoms with E-state index in [2.05, 4.69) is 71.9 Å². The van der Waals surface area contributed by atoms with Crippen LogP contribution in [0.4, 0.5) is 10.7 Å². The fourth-order valence-corrected chi connectivity index (χ4v) is 8.61. The fraction of sp³-hybridized carbons (Fsp3) is 0.345. The number of anilines is 1. The summed E-state index contributed by atoms with van der Waals surface area (Å²) in [5.74, 6) is -0.192. The van der Waals surface area contributed by atoms with Gasteiger partial charge in [0.1, 0.15) is 11.8 Å². The van der Waals surface area contributed by atoms with E-state index >= 15 is 0 Å². The number of benzene rings is 5. The summed E-state index contributed by atoms with van der Waals surface area (Å²) in [6, 6.07) is 35.6. The number of aromatic nitrogens is 6. The van der Waals surface area contributed by atoms with E-state index in [0.717, 1.165) is 71.1 Å². The second-order valence-corrected chi connectivity index (χ2v) is 19.0. The number of tetrazole rings is 1. The summed E-state index contributed by atoms with van der Waals surface area (Å²) < 4.78 is 4.51. The zero-order valence-electron chi connectivity index (χ0n) is 42.7. The summed E-state index contributed by atoms with van der Waals surface area (Å²) in [4.78, 5) is 57.1. The molecule has 2 unspecified atom stereocenters. The van der Waals surface area contributed by atoms with Crippen LogP contribution in [0.3, 0.4) is 0 Å². The minimum Gasteiger partial charge on any atom is -0.507 e. The molecule has 392 valence electrons. The van der Waals surface area contributed by atoms with Crippen molar-refractivity contribution in [1.29, 1.82) is 0 Å². The number of fused-ring (bicyclic) bond motifs is 1. The number of carboxylic acids is 1. The molecule has 0 aliphatic rings. The number of methoxy groups -OCH3 is 1. The number of rotatable bonds is 22. The Hall–Kier alpha value is -7.61. The summed E-state index contributed by atoms with van der Waals surface area (Å²) >= 11 is 1.80. The van der Waals surface area contributed by atoms with Crippen molar-refractivity contribution < 1.29 is 39.2 Å². The lowest BCUT2D eigenvalue weighted by atomic mass is 9.97. The first-order valence-electron chi connectivity index (χ1n) is 24.6. The van der Waals surface area contributed by atoms with Crippen LogP contribution in [-0.2, 0) is 27.3 Å². The van der Waals surface area contributed by atoms with Gasteiger partial charge in [0.05, 0.1) is 29.8 Å². The van der Waals surface area contributed by atoms with Crippen LogP contribution in [0.5, 0.6) is 5.75 Å². The van der Waals surface area contributed by atoms with Crippen molar-refractivity contribution in [2.75, 3.05) is 24.7 Å². The summed E-state index contributed by atoms with van der Waals surface area (Å²) in [6.07, 6.45) is 3.73. The molecule has 0 fully saturated rings. The highest BCUT2D eigenvalue weighted by atomic mass is 32.2. The van der Waals surface area contributed by atoms with Crippen LogP contribution in [0.15, 0.2) is 120 Å². The molecule has 0 bridgehead atoms. The zero-order valence-corrected chi connectivity index (χ0v) is 43.6. The topological polar surface area (TPSA) is 275 Å². The third-order valence-electron chi connectivity index (χ3n) is 11.8. The summed E-state index contributed by atoms with van der Waals surface area (Å²) in [5, 5.41) is 49.7. The number of primary amides is 1. The predicted molar refractivity (Wildman–Crippen MR) is 288 cm³/mol. The highest BCUT2D eigenvalue weighted by Crippen LogP contribution is 2.31. The van der Waals surface area contributed by atoms with Crippen LogP contribution in [0.25, 0.3) is 33.5 Å². The standard InChI is InChI=1S/C24H29N5O3.C19H24N2O3.C12H15N3O2S/c1-4-5-10-21(30)29(22(16(2)3)24(31)32)15-17-11-13-18(14-12-17)19-8-6-7-9-20(19)23-25-27-28-26-23;1-13(7-8-14-5-3-2-4-6-14)21-12-18(23)15-9-10-17(22)16(11-15)19(20)24;1-3-6-18-8-4-5-9-10(7-8)14-11(13-9)15-12(16)17-2/h6-9,11-14,16,22H,4-5,10,15H2,1-3H3,(H,31,32)(H,25,26,27,28);2-6,9-11,13,18,21-23H,7-8,12H2,1H3,(H2,20,24);4-5,7H,3,6H2,1-2H3,(H2,13,14,15,16)/t22-;;/m0../s1. The smallest absolute Gasteiger partial charge is 0.413 e. The van der Waals surface area contributed by atoms with E-state index in [1.807, 2.05) is 106 Å². The zero-order chi connectivity index (χ0) is 53.6. The quantitative estimate of drug-likeness (QED) is 0.0294. The Morgan fingerprint density at radius 3 is 2.22 bits per heavy atom. The van der Waals surface area contributed by atoms with Gasteiger partial charge in [-0.3, -0.25) is 14.9 Å². The number of nitrogens with two attached hydrogens (primary N) is 1. The van der Waals surface area contributed by atoms with Crippen molar-refractivity contribution in [3.8, 4) is 28.3 Å². The van der Waals surface area contributed by atoms with Gasteiger partial charge in [-0.15, -0.1) is 22.0 Å². The van der Waals surface area contributed by atoms with Crippen LogP contribution in [-0.4, -0.2) is 106 Å². The van der Waals surface area contributed by atoms with Gasteiger partial charge in [-0.2, -0.15) is 5.21 Å². The summed E-state index contributed by atoms with van der Waals surface area (Å²) in [7, 11) is 1.32. The Kier molecular flexibility index (Phi) is 22.6. The number of phenols is 1. The number of aliphatic hydroxyl groups is 1. The van der Waals surface area contributed by atoms with Gasteiger partial charge in [-0.1, -0.05) is 119 Å². The van der Waals surface area contributed by atoms with Crippen molar-refractivity contribution in [3.63, 3.8) is 0 Å². The third-order valence-corrected chi connectivity index (χ3v) is 13.0. The first-order chi connectivity index (χ1) is 35.6. The average Bonchev–Trinajstić information content (AvgIpc) is 4.09. The number of amides is 3. The summed E-state index contributed by atoms with van der Waals surface area (Å²) in [5.41, 5.74) is 12.4. The first-order valence-corrected chi connectivity index (χ1v) is 25.6. The van der Waals surface area contributed by atoms with Crippen LogP contribution in [0.1, 0.15) is 99.9 Å². The van der Waals surface area contributed by atoms with Crippen LogP contribution >= 0.6 is 11.8 Å². The number of carbonyl (C=O) groups is 4. The highest BCUT2D eigenvalue weighted by Gasteiger charge is 2.32. The molecule has 7 rings (SSSR count). The predicted octanol–water partition coefficient (Wildman–Crippen LogP) is 9.54. The molecule has 3 atom stereocenters. The van der Waals surface area contributed by atoms with Crippen LogP contribution in [0.2, 0.25) is 0 Å². The number of carbonyl (C=O) groups excluding carboxylic acids is 3. The first kappa shape index (κ1) is 57.3. The third kappa shape index (κ3) is 17.3. The molecule has 0 aliphatic carbocycles. The molecular formula is C55H68N10O8S. The number of hydrogen-bond acceptors (Lipinski definition) is 13. The minimum atomic E-state index is -0.976. The maximum Gasteiger partial charge on any atom is 0.413 e. The van der Waals surface area contributed by atoms with E-state index in [4.69, 9.17) is 5.73 Å². The van der Waals surface area contributed by atoms with E-state index < -0.39 is 30.1 Å². The van der Waals surface area contributed by atoms with Crippen LogP contribution in [0, 0.1) is 5.92 Å². The van der Waals surface area contributed by atoms with Gasteiger partial charge in [0, 0.05) is 36.0 Å². The Labute approximate surface area is 435 Å². The summed E-state index contributed by atoms with van der Waals surface area (Å²) in [6.45, 7) is 10.5. The maximum absolute atomic E-state index is 12.9. The average molecular weight is 1030 g/mol. The molecule has 5 aromatic carbocycles. The maximum atomic E-state index is 12.9. The molecule has 7 aromatic rings. The van der Waals surface area contributed by atoms with Gasteiger partial charge >= 0.3 is 12.1 Å². The highest BCUT2D eigenvalue weighted by molar-refractivity contribution is 7.99. The molecule has 74 heavy (non-hydrogen) atoms. The largest absolute Gasteiger partial charge is 0.507 e. The second kappa shape index (κ2) is 29.2. The van der Waals surface area contributed by atoms with Crippen LogP contribution < -0.4 is 16.4 Å². The lowest BCUT2D eigenvalue weighted by molar-refractivity contribution is -0.153. The van der Waals surface area contributed by atoms with Crippen molar-refractivity contribution in [3.05, 3.63) is 138 Å².